The summed E-state index contributed by atoms with van der Waals surface area (Å²) in [7, 11) is 0. The molecule has 0 aliphatic carbocycles. The number of hydrogen-bond donors (Lipinski definition) is 2. The first-order chi connectivity index (χ1) is 12.6. The van der Waals surface area contributed by atoms with Crippen molar-refractivity contribution in [1.29, 1.82) is 0 Å². The molecule has 1 amide bonds. The molecule has 136 valence electrons. The molecule has 26 heavy (non-hydrogen) atoms. The predicted molar refractivity (Wildman–Crippen MR) is 99.8 cm³/mol. The van der Waals surface area contributed by atoms with Gasteiger partial charge >= 0.3 is 0 Å². The predicted octanol–water partition coefficient (Wildman–Crippen LogP) is 2.22. The molecule has 0 radical (unpaired) electrons. The Balaban J connectivity index is 2.03. The molecule has 0 atom stereocenters. The van der Waals surface area contributed by atoms with Gasteiger partial charge in [-0.3, -0.25) is 14.6 Å². The lowest BCUT2D eigenvalue weighted by atomic mass is 10.3. The van der Waals surface area contributed by atoms with E-state index in [9.17, 15) is 9.59 Å². The van der Waals surface area contributed by atoms with Gasteiger partial charge in [0, 0.05) is 24.4 Å². The highest BCUT2D eigenvalue weighted by Crippen LogP contribution is 2.27. The number of nitrogens with zero attached hydrogens (tertiary/aromatic N) is 3. The maximum absolute atomic E-state index is 12.1. The van der Waals surface area contributed by atoms with Crippen LogP contribution in [0.4, 0.5) is 5.82 Å². The van der Waals surface area contributed by atoms with Gasteiger partial charge in [-0.15, -0.1) is 11.3 Å². The van der Waals surface area contributed by atoms with Crippen LogP contribution in [0.15, 0.2) is 34.4 Å². The van der Waals surface area contributed by atoms with Crippen molar-refractivity contribution >= 4 is 23.1 Å². The topological polar surface area (TPSA) is 102 Å². The van der Waals surface area contributed by atoms with Gasteiger partial charge in [-0.25, -0.2) is 4.98 Å². The Morgan fingerprint density at radius 3 is 2.92 bits per heavy atom. The van der Waals surface area contributed by atoms with Crippen LogP contribution in [0.1, 0.15) is 19.5 Å². The van der Waals surface area contributed by atoms with E-state index in [1.54, 1.807) is 6.07 Å². The van der Waals surface area contributed by atoms with Crippen LogP contribution in [0.5, 0.6) is 0 Å². The summed E-state index contributed by atoms with van der Waals surface area (Å²) in [6.45, 7) is 4.11. The van der Waals surface area contributed by atoms with E-state index in [-0.39, 0.29) is 24.0 Å². The second-order valence-corrected chi connectivity index (χ2v) is 6.35. The summed E-state index contributed by atoms with van der Waals surface area (Å²) in [4.78, 5) is 32.0. The second-order valence-electron chi connectivity index (χ2n) is 5.40. The number of carbonyl (C=O) groups excluding carboxylic acids is 1. The maximum atomic E-state index is 12.1. The van der Waals surface area contributed by atoms with Gasteiger partial charge in [-0.05, 0) is 24.8 Å². The van der Waals surface area contributed by atoms with Gasteiger partial charge in [0.15, 0.2) is 0 Å². The van der Waals surface area contributed by atoms with Crippen LogP contribution >= 0.6 is 11.3 Å². The molecule has 0 bridgehead atoms. The number of aryl methyl sites for hydroxylation is 1. The number of aromatic nitrogens is 4. The minimum atomic E-state index is -0.306. The van der Waals surface area contributed by atoms with Crippen molar-refractivity contribution in [2.45, 2.75) is 20.3 Å². The van der Waals surface area contributed by atoms with Crippen LogP contribution in [0, 0.1) is 0 Å². The normalized spacial score (nSPS) is 10.8. The van der Waals surface area contributed by atoms with Crippen LogP contribution in [0.2, 0.25) is 0 Å². The number of thiophene rings is 1. The quantitative estimate of drug-likeness (QED) is 0.661. The molecular weight excluding hydrogens is 354 g/mol. The summed E-state index contributed by atoms with van der Waals surface area (Å²) >= 11 is 1.53. The van der Waals surface area contributed by atoms with Gasteiger partial charge in [0.25, 0.3) is 11.5 Å². The number of anilines is 1. The van der Waals surface area contributed by atoms with Crippen LogP contribution in [-0.4, -0.2) is 38.9 Å². The van der Waals surface area contributed by atoms with Gasteiger partial charge in [0.2, 0.25) is 5.95 Å². The van der Waals surface area contributed by atoms with Crippen molar-refractivity contribution in [3.8, 4) is 16.5 Å². The largest absolute Gasteiger partial charge is 0.372 e. The molecule has 9 heteroatoms. The minimum absolute atomic E-state index is 0.0606. The van der Waals surface area contributed by atoms with E-state index in [1.165, 1.54) is 22.1 Å². The number of aromatic amines is 1. The summed E-state index contributed by atoms with van der Waals surface area (Å²) < 4.78 is 6.56. The zero-order valence-electron chi connectivity index (χ0n) is 14.5. The lowest BCUT2D eigenvalue weighted by Gasteiger charge is -2.08. The first-order valence-corrected chi connectivity index (χ1v) is 9.10. The van der Waals surface area contributed by atoms with E-state index in [2.05, 4.69) is 20.4 Å². The van der Waals surface area contributed by atoms with Crippen molar-refractivity contribution in [2.75, 3.05) is 18.5 Å². The standard InChI is InChI=1S/C17H19N5O3S/c1-3-11-8-15(23)20-17(18-11)22-14(19-16(24)10-25-4-2)9-12(21-22)13-6-5-7-26-13/h5-9H,3-4,10H2,1-2H3,(H,19,24)(H,18,20,23). The van der Waals surface area contributed by atoms with Crippen molar-refractivity contribution in [3.05, 3.63) is 45.7 Å². The molecule has 3 heterocycles. The zero-order chi connectivity index (χ0) is 18.5. The summed E-state index contributed by atoms with van der Waals surface area (Å²) in [5, 5.41) is 9.22. The Morgan fingerprint density at radius 2 is 2.23 bits per heavy atom. The fourth-order valence-corrected chi connectivity index (χ4v) is 3.01. The van der Waals surface area contributed by atoms with E-state index in [4.69, 9.17) is 4.74 Å². The number of nitrogens with one attached hydrogen (secondary N) is 2. The van der Waals surface area contributed by atoms with Crippen molar-refractivity contribution in [2.24, 2.45) is 0 Å². The molecule has 2 N–H and O–H groups in total. The molecule has 0 aromatic carbocycles. The average molecular weight is 373 g/mol. The van der Waals surface area contributed by atoms with Gasteiger partial charge in [0.05, 0.1) is 4.88 Å². The number of amides is 1. The molecule has 0 fully saturated rings. The van der Waals surface area contributed by atoms with Gasteiger partial charge < -0.3 is 10.1 Å². The highest BCUT2D eigenvalue weighted by molar-refractivity contribution is 7.13. The van der Waals surface area contributed by atoms with Gasteiger partial charge in [-0.2, -0.15) is 9.78 Å². The fraction of sp³-hybridized carbons (Fsp3) is 0.294. The van der Waals surface area contributed by atoms with Crippen molar-refractivity contribution in [1.82, 2.24) is 19.7 Å². The highest BCUT2D eigenvalue weighted by atomic mass is 32.1. The number of ether oxygens (including phenoxy) is 1. The Hall–Kier alpha value is -2.78. The Bertz CT molecular complexity index is 946. The van der Waals surface area contributed by atoms with Crippen LogP contribution < -0.4 is 10.9 Å². The third kappa shape index (κ3) is 4.06. The molecule has 0 spiro atoms. The van der Waals surface area contributed by atoms with E-state index >= 15 is 0 Å². The van der Waals surface area contributed by atoms with Crippen molar-refractivity contribution in [3.63, 3.8) is 0 Å². The lowest BCUT2D eigenvalue weighted by molar-refractivity contribution is -0.120. The molecule has 3 aromatic rings. The Kier molecular flexibility index (Phi) is 5.59. The average Bonchev–Trinajstić information content (AvgIpc) is 3.29. The van der Waals surface area contributed by atoms with E-state index < -0.39 is 0 Å². The number of H-pyrrole nitrogens is 1. The maximum Gasteiger partial charge on any atom is 0.252 e. The fourth-order valence-electron chi connectivity index (χ4n) is 2.33. The second kappa shape index (κ2) is 8.07. The lowest BCUT2D eigenvalue weighted by Crippen LogP contribution is -2.22. The third-order valence-corrected chi connectivity index (χ3v) is 4.43. The van der Waals surface area contributed by atoms with Crippen LogP contribution in [0.25, 0.3) is 16.5 Å². The summed E-state index contributed by atoms with van der Waals surface area (Å²) in [6.07, 6.45) is 0.613. The Morgan fingerprint density at radius 1 is 1.38 bits per heavy atom. The smallest absolute Gasteiger partial charge is 0.252 e. The molecule has 3 rings (SSSR count). The van der Waals surface area contributed by atoms with Crippen LogP contribution in [-0.2, 0) is 16.0 Å². The van der Waals surface area contributed by atoms with E-state index in [1.807, 2.05) is 31.4 Å². The van der Waals surface area contributed by atoms with Gasteiger partial charge in [0.1, 0.15) is 18.1 Å². The number of carbonyl (C=O) groups is 1. The molecule has 8 nitrogen and oxygen atoms in total. The summed E-state index contributed by atoms with van der Waals surface area (Å²) in [6, 6.07) is 7.04. The summed E-state index contributed by atoms with van der Waals surface area (Å²) in [5.41, 5.74) is 1.05. The molecule has 3 aromatic heterocycles. The van der Waals surface area contributed by atoms with Crippen LogP contribution in [0.3, 0.4) is 0 Å². The van der Waals surface area contributed by atoms with Gasteiger partial charge in [-0.1, -0.05) is 13.0 Å². The van der Waals surface area contributed by atoms with E-state index in [0.29, 0.717) is 30.2 Å². The zero-order valence-corrected chi connectivity index (χ0v) is 15.3. The molecule has 0 aliphatic heterocycles. The SMILES string of the molecule is CCOCC(=O)Nc1cc(-c2cccs2)nn1-c1nc(CC)cc(=O)[nH]1. The minimum Gasteiger partial charge on any atom is -0.372 e. The first kappa shape index (κ1) is 18.0. The molecule has 0 unspecified atom stereocenters. The molecule has 0 aliphatic rings. The molecule has 0 saturated carbocycles. The number of hydrogen-bond acceptors (Lipinski definition) is 6. The van der Waals surface area contributed by atoms with E-state index in [0.717, 1.165) is 4.88 Å². The molecule has 0 saturated heterocycles. The number of rotatable bonds is 7. The van der Waals surface area contributed by atoms with Crippen molar-refractivity contribution < 1.29 is 9.53 Å². The first-order valence-electron chi connectivity index (χ1n) is 8.22. The summed E-state index contributed by atoms with van der Waals surface area (Å²) in [5.74, 6) is 0.359. The highest BCUT2D eigenvalue weighted by Gasteiger charge is 2.16. The monoisotopic (exact) mass is 373 g/mol. The third-order valence-electron chi connectivity index (χ3n) is 3.53. The Labute approximate surface area is 153 Å². The molecular formula is C17H19N5O3S.